The van der Waals surface area contributed by atoms with Crippen LogP contribution < -0.4 is 5.73 Å². The van der Waals surface area contributed by atoms with Crippen molar-refractivity contribution in [2.45, 2.75) is 13.8 Å². The minimum absolute atomic E-state index is 0.294. The molecule has 0 amide bonds. The van der Waals surface area contributed by atoms with Crippen molar-refractivity contribution in [2.24, 2.45) is 0 Å². The number of nitrogens with zero attached hydrogens (tertiary/aromatic N) is 1. The number of likely N-dealkylation sites (N-methyl/N-ethyl adjacent to an activating group) is 1. The number of rotatable bonds is 6. The van der Waals surface area contributed by atoms with Crippen molar-refractivity contribution >= 4 is 18.9 Å². The van der Waals surface area contributed by atoms with Crippen molar-refractivity contribution in [1.82, 2.24) is 4.90 Å². The predicted octanol–water partition coefficient (Wildman–Crippen LogP) is 3.07. The van der Waals surface area contributed by atoms with Crippen molar-refractivity contribution < 1.29 is 26.8 Å². The number of halogens is 4. The van der Waals surface area contributed by atoms with Crippen LogP contribution in [0.5, 0.6) is 0 Å². The molecular formula is C13H20BF4N2O2-. The van der Waals surface area contributed by atoms with Gasteiger partial charge in [-0.15, -0.1) is 0 Å². The largest absolute Gasteiger partial charge is 0.673 e. The third kappa shape index (κ3) is 11.0. The Bertz CT molecular complexity index is 431. The smallest absolute Gasteiger partial charge is 0.461 e. The molecule has 0 saturated heterocycles. The normalized spacial score (nSPS) is 10.9. The van der Waals surface area contributed by atoms with E-state index < -0.39 is 7.25 Å². The Morgan fingerprint density at radius 2 is 1.59 bits per heavy atom. The Balaban J connectivity index is 0.000000763. The number of benzene rings is 1. The van der Waals surface area contributed by atoms with Gasteiger partial charge in [0.05, 0.1) is 5.56 Å². The molecule has 1 aromatic rings. The van der Waals surface area contributed by atoms with Crippen LogP contribution in [0, 0.1) is 0 Å². The summed E-state index contributed by atoms with van der Waals surface area (Å²) in [6, 6.07) is 6.74. The fraction of sp³-hybridized carbons (Fsp3) is 0.462. The molecule has 126 valence electrons. The Morgan fingerprint density at radius 1 is 1.14 bits per heavy atom. The number of esters is 1. The topological polar surface area (TPSA) is 55.6 Å². The van der Waals surface area contributed by atoms with Crippen molar-refractivity contribution in [3.05, 3.63) is 29.8 Å². The number of carbonyl (C=O) groups is 1. The Labute approximate surface area is 127 Å². The molecule has 0 aliphatic heterocycles. The molecule has 0 fully saturated rings. The third-order valence-electron chi connectivity index (χ3n) is 2.68. The summed E-state index contributed by atoms with van der Waals surface area (Å²) in [6.07, 6.45) is 0. The fourth-order valence-electron chi connectivity index (χ4n) is 1.51. The molecule has 0 radical (unpaired) electrons. The van der Waals surface area contributed by atoms with E-state index >= 15 is 0 Å². The van der Waals surface area contributed by atoms with E-state index in [2.05, 4.69) is 18.7 Å². The molecular weight excluding hydrogens is 303 g/mol. The Kier molecular flexibility index (Phi) is 9.24. The monoisotopic (exact) mass is 323 g/mol. The van der Waals surface area contributed by atoms with E-state index in [0.29, 0.717) is 17.9 Å². The van der Waals surface area contributed by atoms with Crippen LogP contribution in [0.4, 0.5) is 23.0 Å². The molecule has 22 heavy (non-hydrogen) atoms. The maximum absolute atomic E-state index is 11.6. The van der Waals surface area contributed by atoms with Gasteiger partial charge >= 0.3 is 13.2 Å². The highest BCUT2D eigenvalue weighted by Crippen LogP contribution is 2.07. The molecule has 9 heteroatoms. The first-order chi connectivity index (χ1) is 10.2. The molecule has 0 aromatic heterocycles. The number of hydrogen-bond acceptors (Lipinski definition) is 4. The van der Waals surface area contributed by atoms with Gasteiger partial charge in [-0.1, -0.05) is 13.8 Å². The van der Waals surface area contributed by atoms with Gasteiger partial charge in [0.25, 0.3) is 0 Å². The zero-order chi connectivity index (χ0) is 17.2. The summed E-state index contributed by atoms with van der Waals surface area (Å²) in [5, 5.41) is 0. The summed E-state index contributed by atoms with van der Waals surface area (Å²) in [4.78, 5) is 13.8. The van der Waals surface area contributed by atoms with E-state index in [1.807, 2.05) is 0 Å². The summed E-state index contributed by atoms with van der Waals surface area (Å²) in [5.74, 6) is -0.294. The number of ether oxygens (including phenoxy) is 1. The van der Waals surface area contributed by atoms with Crippen LogP contribution in [0.15, 0.2) is 24.3 Å². The molecule has 0 unspecified atom stereocenters. The van der Waals surface area contributed by atoms with Crippen molar-refractivity contribution in [3.8, 4) is 0 Å². The van der Waals surface area contributed by atoms with Crippen LogP contribution in [0.1, 0.15) is 24.2 Å². The van der Waals surface area contributed by atoms with Crippen molar-refractivity contribution in [3.63, 3.8) is 0 Å². The molecule has 1 rings (SSSR count). The van der Waals surface area contributed by atoms with E-state index in [0.717, 1.165) is 19.6 Å². The zero-order valence-corrected chi connectivity index (χ0v) is 12.6. The van der Waals surface area contributed by atoms with Crippen LogP contribution in [0.2, 0.25) is 0 Å². The predicted molar refractivity (Wildman–Crippen MR) is 79.1 cm³/mol. The summed E-state index contributed by atoms with van der Waals surface area (Å²) >= 11 is 0. The van der Waals surface area contributed by atoms with E-state index in [4.69, 9.17) is 10.5 Å². The second-order valence-electron chi connectivity index (χ2n) is 4.28. The average molecular weight is 323 g/mol. The summed E-state index contributed by atoms with van der Waals surface area (Å²) in [6.45, 7) is 7.31. The lowest BCUT2D eigenvalue weighted by molar-refractivity contribution is 0.0466. The van der Waals surface area contributed by atoms with Gasteiger partial charge in [0, 0.05) is 12.2 Å². The van der Waals surface area contributed by atoms with Gasteiger partial charge in [-0.3, -0.25) is 0 Å². The second kappa shape index (κ2) is 10.0. The molecule has 0 aliphatic carbocycles. The number of hydrogen-bond donors (Lipinski definition) is 1. The lowest BCUT2D eigenvalue weighted by Gasteiger charge is -2.17. The number of nitrogens with two attached hydrogens (primary N) is 1. The quantitative estimate of drug-likeness (QED) is 0.378. The van der Waals surface area contributed by atoms with E-state index in [9.17, 15) is 22.1 Å². The van der Waals surface area contributed by atoms with Gasteiger partial charge in [-0.2, -0.15) is 0 Å². The number of nitrogen functional groups attached to an aromatic ring is 1. The Morgan fingerprint density at radius 3 is 2.00 bits per heavy atom. The summed E-state index contributed by atoms with van der Waals surface area (Å²) in [5.41, 5.74) is 6.73. The van der Waals surface area contributed by atoms with Crippen LogP contribution in [0.3, 0.4) is 0 Å². The third-order valence-corrected chi connectivity index (χ3v) is 2.68. The highest BCUT2D eigenvalue weighted by molar-refractivity contribution is 6.50. The first-order valence-electron chi connectivity index (χ1n) is 6.79. The average Bonchev–Trinajstić information content (AvgIpc) is 2.42. The minimum atomic E-state index is -6.00. The first-order valence-corrected chi connectivity index (χ1v) is 6.79. The highest BCUT2D eigenvalue weighted by atomic mass is 19.5. The molecule has 1 aromatic carbocycles. The maximum atomic E-state index is 11.6. The number of carbonyl (C=O) groups excluding carboxylic acids is 1. The van der Waals surface area contributed by atoms with Crippen LogP contribution in [0.25, 0.3) is 0 Å². The van der Waals surface area contributed by atoms with Gasteiger partial charge < -0.3 is 32.6 Å². The lowest BCUT2D eigenvalue weighted by Crippen LogP contribution is -2.27. The minimum Gasteiger partial charge on any atom is -0.461 e. The molecule has 4 nitrogen and oxygen atoms in total. The standard InChI is InChI=1S/C13H20N2O2.BF4/c1-3-15(4-2)9-10-17-13(16)11-5-7-12(14)8-6-11;2-1(3,4)5/h5-8H,3-4,9-10,14H2,1-2H3;/q;-1. The zero-order valence-electron chi connectivity index (χ0n) is 12.6. The SMILES string of the molecule is CCN(CC)CCOC(=O)c1ccc(N)cc1.F[B-](F)(F)F. The van der Waals surface area contributed by atoms with Crippen LogP contribution in [-0.4, -0.2) is 44.4 Å². The summed E-state index contributed by atoms with van der Waals surface area (Å²) in [7, 11) is -6.00. The highest BCUT2D eigenvalue weighted by Gasteiger charge is 2.20. The van der Waals surface area contributed by atoms with Gasteiger partial charge in [-0.05, 0) is 37.4 Å². The molecule has 2 N–H and O–H groups in total. The molecule has 0 aliphatic rings. The lowest BCUT2D eigenvalue weighted by atomic mass is 10.2. The molecule has 0 heterocycles. The first kappa shape index (κ1) is 20.2. The van der Waals surface area contributed by atoms with Gasteiger partial charge in [0.1, 0.15) is 6.61 Å². The van der Waals surface area contributed by atoms with Crippen molar-refractivity contribution in [1.29, 1.82) is 0 Å². The fourth-order valence-corrected chi connectivity index (χ4v) is 1.51. The van der Waals surface area contributed by atoms with Crippen molar-refractivity contribution in [2.75, 3.05) is 32.0 Å². The van der Waals surface area contributed by atoms with Gasteiger partial charge in [0.2, 0.25) is 0 Å². The Hall–Kier alpha value is -1.77. The van der Waals surface area contributed by atoms with Gasteiger partial charge in [0.15, 0.2) is 0 Å². The molecule has 0 saturated carbocycles. The number of anilines is 1. The van der Waals surface area contributed by atoms with Crippen LogP contribution >= 0.6 is 0 Å². The second-order valence-corrected chi connectivity index (χ2v) is 4.28. The van der Waals surface area contributed by atoms with E-state index in [1.165, 1.54) is 0 Å². The van der Waals surface area contributed by atoms with E-state index in [-0.39, 0.29) is 5.97 Å². The summed E-state index contributed by atoms with van der Waals surface area (Å²) < 4.78 is 44.2. The van der Waals surface area contributed by atoms with E-state index in [1.54, 1.807) is 24.3 Å². The molecule has 0 spiro atoms. The molecule has 0 bridgehead atoms. The maximum Gasteiger partial charge on any atom is 0.673 e. The molecule has 0 atom stereocenters. The van der Waals surface area contributed by atoms with Gasteiger partial charge in [-0.25, -0.2) is 4.79 Å². The van der Waals surface area contributed by atoms with Crippen LogP contribution in [-0.2, 0) is 4.74 Å².